The van der Waals surface area contributed by atoms with Crippen LogP contribution in [-0.4, -0.2) is 23.0 Å². The molecule has 1 aromatic heterocycles. The minimum atomic E-state index is -0.382. The van der Waals surface area contributed by atoms with Crippen molar-refractivity contribution in [2.45, 2.75) is 6.54 Å². The Morgan fingerprint density at radius 3 is 2.85 bits per heavy atom. The smallest absolute Gasteiger partial charge is 0.274 e. The van der Waals surface area contributed by atoms with Crippen molar-refractivity contribution in [3.8, 4) is 11.8 Å². The lowest BCUT2D eigenvalue weighted by molar-refractivity contribution is 0.102. The fourth-order valence-corrected chi connectivity index (χ4v) is 2.46. The molecule has 0 atom stereocenters. The number of para-hydroxylation sites is 1. The van der Waals surface area contributed by atoms with Crippen molar-refractivity contribution in [3.63, 3.8) is 0 Å². The van der Waals surface area contributed by atoms with Gasteiger partial charge in [-0.25, -0.2) is 9.97 Å². The molecule has 0 saturated carbocycles. The monoisotopic (exact) mass is 359 g/mol. The van der Waals surface area contributed by atoms with Gasteiger partial charge in [0.05, 0.1) is 18.7 Å². The number of methoxy groups -OCH3 is 1. The number of hydrogen-bond donors (Lipinski definition) is 2. The molecule has 0 aliphatic rings. The summed E-state index contributed by atoms with van der Waals surface area (Å²) in [7, 11) is 1.61. The summed E-state index contributed by atoms with van der Waals surface area (Å²) < 4.78 is 5.31. The van der Waals surface area contributed by atoms with Crippen LogP contribution in [0.25, 0.3) is 0 Å². The molecule has 3 rings (SSSR count). The van der Waals surface area contributed by atoms with Crippen LogP contribution in [0.2, 0.25) is 0 Å². The van der Waals surface area contributed by atoms with E-state index in [0.29, 0.717) is 23.7 Å². The Morgan fingerprint density at radius 1 is 1.19 bits per heavy atom. The number of ether oxygens (including phenoxy) is 1. The second kappa shape index (κ2) is 8.45. The molecule has 7 heteroatoms. The van der Waals surface area contributed by atoms with Crippen LogP contribution in [-0.2, 0) is 6.54 Å². The minimum Gasteiger partial charge on any atom is -0.496 e. The maximum Gasteiger partial charge on any atom is 0.274 e. The fourth-order valence-electron chi connectivity index (χ4n) is 2.46. The van der Waals surface area contributed by atoms with Crippen LogP contribution < -0.4 is 15.4 Å². The molecule has 0 aliphatic heterocycles. The van der Waals surface area contributed by atoms with Gasteiger partial charge in [-0.05, 0) is 30.3 Å². The van der Waals surface area contributed by atoms with Gasteiger partial charge in [-0.15, -0.1) is 0 Å². The third kappa shape index (κ3) is 4.58. The molecule has 7 nitrogen and oxygen atoms in total. The van der Waals surface area contributed by atoms with Crippen molar-refractivity contribution in [1.82, 2.24) is 9.97 Å². The number of benzene rings is 2. The van der Waals surface area contributed by atoms with E-state index in [1.54, 1.807) is 31.4 Å². The van der Waals surface area contributed by atoms with Crippen LogP contribution in [0.5, 0.6) is 5.75 Å². The molecule has 0 aliphatic carbocycles. The summed E-state index contributed by atoms with van der Waals surface area (Å²) in [5.41, 5.74) is 2.16. The van der Waals surface area contributed by atoms with Gasteiger partial charge < -0.3 is 15.4 Å². The number of anilines is 2. The zero-order valence-electron chi connectivity index (χ0n) is 14.6. The summed E-state index contributed by atoms with van der Waals surface area (Å²) in [6, 6.07) is 17.9. The number of nitrogens with zero attached hydrogens (tertiary/aromatic N) is 3. The quantitative estimate of drug-likeness (QED) is 0.701. The van der Waals surface area contributed by atoms with E-state index in [-0.39, 0.29) is 11.6 Å². The van der Waals surface area contributed by atoms with Crippen molar-refractivity contribution >= 4 is 17.5 Å². The zero-order chi connectivity index (χ0) is 19.1. The van der Waals surface area contributed by atoms with Gasteiger partial charge in [-0.2, -0.15) is 5.26 Å². The van der Waals surface area contributed by atoms with E-state index in [1.165, 1.54) is 12.3 Å². The van der Waals surface area contributed by atoms with Crippen molar-refractivity contribution in [1.29, 1.82) is 5.26 Å². The minimum absolute atomic E-state index is 0.217. The van der Waals surface area contributed by atoms with Crippen LogP contribution in [0.3, 0.4) is 0 Å². The summed E-state index contributed by atoms with van der Waals surface area (Å²) in [5.74, 6) is 0.712. The zero-order valence-corrected chi connectivity index (χ0v) is 14.6. The highest BCUT2D eigenvalue weighted by molar-refractivity contribution is 6.03. The lowest BCUT2D eigenvalue weighted by Crippen LogP contribution is -2.15. The number of nitriles is 1. The van der Waals surface area contributed by atoms with Crippen LogP contribution in [0, 0.1) is 11.3 Å². The number of carbonyl (C=O) groups excluding carboxylic acids is 1. The molecule has 134 valence electrons. The van der Waals surface area contributed by atoms with E-state index >= 15 is 0 Å². The highest BCUT2D eigenvalue weighted by Gasteiger charge is 2.10. The number of hydrogen-bond acceptors (Lipinski definition) is 6. The highest BCUT2D eigenvalue weighted by atomic mass is 16.5. The first-order chi connectivity index (χ1) is 13.2. The molecular formula is C20H17N5O2. The molecule has 1 heterocycles. The summed E-state index contributed by atoms with van der Waals surface area (Å²) in [4.78, 5) is 20.8. The predicted octanol–water partition coefficient (Wildman–Crippen LogP) is 3.22. The van der Waals surface area contributed by atoms with Crippen LogP contribution >= 0.6 is 0 Å². The first-order valence-electron chi connectivity index (χ1n) is 8.20. The Balaban J connectivity index is 1.69. The van der Waals surface area contributed by atoms with Crippen LogP contribution in [0.4, 0.5) is 11.6 Å². The summed E-state index contributed by atoms with van der Waals surface area (Å²) in [6.07, 6.45) is 1.51. The molecule has 0 unspecified atom stereocenters. The Labute approximate surface area is 156 Å². The third-order valence-electron chi connectivity index (χ3n) is 3.77. The van der Waals surface area contributed by atoms with Crippen molar-refractivity contribution < 1.29 is 9.53 Å². The van der Waals surface area contributed by atoms with E-state index in [4.69, 9.17) is 10.00 Å². The Bertz CT molecular complexity index is 997. The molecule has 0 fully saturated rings. The molecule has 0 saturated heterocycles. The molecular weight excluding hydrogens is 342 g/mol. The SMILES string of the molecule is COc1ccccc1CNc1nccc(C(=O)Nc2cccc(C#N)c2)n1. The highest BCUT2D eigenvalue weighted by Crippen LogP contribution is 2.18. The van der Waals surface area contributed by atoms with Gasteiger partial charge in [0.25, 0.3) is 5.91 Å². The average Bonchev–Trinajstić information content (AvgIpc) is 2.72. The predicted molar refractivity (Wildman–Crippen MR) is 101 cm³/mol. The lowest BCUT2D eigenvalue weighted by atomic mass is 10.2. The maximum absolute atomic E-state index is 12.4. The van der Waals surface area contributed by atoms with E-state index in [9.17, 15) is 4.79 Å². The first-order valence-corrected chi connectivity index (χ1v) is 8.20. The molecule has 3 aromatic rings. The lowest BCUT2D eigenvalue weighted by Gasteiger charge is -2.10. The van der Waals surface area contributed by atoms with E-state index in [2.05, 4.69) is 20.6 Å². The van der Waals surface area contributed by atoms with Gasteiger partial charge in [0.1, 0.15) is 11.4 Å². The van der Waals surface area contributed by atoms with Gasteiger partial charge in [0.15, 0.2) is 0 Å². The molecule has 0 bridgehead atoms. The van der Waals surface area contributed by atoms with Crippen LogP contribution in [0.1, 0.15) is 21.6 Å². The van der Waals surface area contributed by atoms with Gasteiger partial charge in [0, 0.05) is 24.0 Å². The van der Waals surface area contributed by atoms with Crippen molar-refractivity contribution in [3.05, 3.63) is 77.6 Å². The Kier molecular flexibility index (Phi) is 5.60. The summed E-state index contributed by atoms with van der Waals surface area (Å²) in [6.45, 7) is 0.458. The number of aromatic nitrogens is 2. The second-order valence-corrected chi connectivity index (χ2v) is 5.58. The van der Waals surface area contributed by atoms with E-state index in [0.717, 1.165) is 11.3 Å². The topological polar surface area (TPSA) is 99.9 Å². The average molecular weight is 359 g/mol. The number of carbonyl (C=O) groups is 1. The molecule has 0 radical (unpaired) electrons. The maximum atomic E-state index is 12.4. The molecule has 2 N–H and O–H groups in total. The summed E-state index contributed by atoms with van der Waals surface area (Å²) >= 11 is 0. The molecule has 1 amide bonds. The normalized spacial score (nSPS) is 9.93. The first kappa shape index (κ1) is 17.9. The largest absolute Gasteiger partial charge is 0.496 e. The second-order valence-electron chi connectivity index (χ2n) is 5.58. The Morgan fingerprint density at radius 2 is 2.04 bits per heavy atom. The van der Waals surface area contributed by atoms with Crippen LogP contribution in [0.15, 0.2) is 60.8 Å². The number of nitrogens with one attached hydrogen (secondary N) is 2. The molecule has 0 spiro atoms. The standard InChI is InChI=1S/C20H17N5O2/c1-27-18-8-3-2-6-15(18)13-23-20-22-10-9-17(25-20)19(26)24-16-7-4-5-14(11-16)12-21/h2-11H,13H2,1H3,(H,24,26)(H,22,23,25). The van der Waals surface area contributed by atoms with Gasteiger partial charge >= 0.3 is 0 Å². The van der Waals surface area contributed by atoms with Gasteiger partial charge in [-0.1, -0.05) is 24.3 Å². The van der Waals surface area contributed by atoms with E-state index < -0.39 is 0 Å². The number of amides is 1. The van der Waals surface area contributed by atoms with Gasteiger partial charge in [-0.3, -0.25) is 4.79 Å². The summed E-state index contributed by atoms with van der Waals surface area (Å²) in [5, 5.41) is 14.8. The Hall–Kier alpha value is -3.92. The molecule has 2 aromatic carbocycles. The molecule has 27 heavy (non-hydrogen) atoms. The third-order valence-corrected chi connectivity index (χ3v) is 3.77. The number of rotatable bonds is 6. The fraction of sp³-hybridized carbons (Fsp3) is 0.100. The van der Waals surface area contributed by atoms with Crippen molar-refractivity contribution in [2.75, 3.05) is 17.7 Å². The van der Waals surface area contributed by atoms with Gasteiger partial charge in [0.2, 0.25) is 5.95 Å². The van der Waals surface area contributed by atoms with E-state index in [1.807, 2.05) is 30.3 Å². The van der Waals surface area contributed by atoms with Crippen molar-refractivity contribution in [2.24, 2.45) is 0 Å².